The van der Waals surface area contributed by atoms with Gasteiger partial charge in [0.1, 0.15) is 5.75 Å². The van der Waals surface area contributed by atoms with Gasteiger partial charge in [-0.1, -0.05) is 121 Å². The van der Waals surface area contributed by atoms with E-state index >= 15 is 0 Å². The third-order valence-electron chi connectivity index (χ3n) is 7.76. The lowest BCUT2D eigenvalue weighted by molar-refractivity contribution is -0.147. The van der Waals surface area contributed by atoms with Crippen LogP contribution in [0.15, 0.2) is 60.9 Å². The second-order valence-corrected chi connectivity index (χ2v) is 11.5. The van der Waals surface area contributed by atoms with Crippen molar-refractivity contribution in [3.05, 3.63) is 66.5 Å². The molecule has 0 N–H and O–H groups in total. The first-order valence-corrected chi connectivity index (χ1v) is 15.9. The van der Waals surface area contributed by atoms with Gasteiger partial charge < -0.3 is 4.74 Å². The summed E-state index contributed by atoms with van der Waals surface area (Å²) in [5.41, 5.74) is 2.13. The monoisotopic (exact) mass is 560 g/mol. The van der Waals surface area contributed by atoms with Crippen LogP contribution in [-0.4, -0.2) is 21.6 Å². The van der Waals surface area contributed by atoms with E-state index in [1.165, 1.54) is 63.9 Å². The van der Waals surface area contributed by atoms with E-state index in [1.807, 2.05) is 12.1 Å². The number of alkyl halides is 1. The molecule has 0 saturated carbocycles. The zero-order valence-corrected chi connectivity index (χ0v) is 25.5. The molecular weight excluding hydrogens is 511 g/mol. The molecule has 0 aliphatic rings. The number of unbranched alkanes of at least 4 members (excludes halogenated alkanes) is 11. The first-order chi connectivity index (χ1) is 19.9. The second kappa shape index (κ2) is 17.7. The van der Waals surface area contributed by atoms with Crippen molar-refractivity contribution in [3.63, 3.8) is 0 Å². The number of halogens is 1. The van der Waals surface area contributed by atoms with Gasteiger partial charge in [0.05, 0.1) is 0 Å². The maximum Gasteiger partial charge on any atom is 0.348 e. The highest BCUT2D eigenvalue weighted by atomic mass is 19.1. The molecule has 5 heteroatoms. The fraction of sp³-hybridized carbons (Fsp3) is 0.528. The molecule has 1 aromatic heterocycles. The smallest absolute Gasteiger partial charge is 0.348 e. The number of carbonyl (C=O) groups excluding carboxylic acids is 1. The average molecular weight is 561 g/mol. The molecule has 0 amide bonds. The van der Waals surface area contributed by atoms with E-state index in [-0.39, 0.29) is 6.42 Å². The molecule has 0 radical (unpaired) electrons. The Hall–Kier alpha value is -3.08. The normalized spacial score (nSPS) is 12.7. The lowest BCUT2D eigenvalue weighted by atomic mass is 9.99. The minimum Gasteiger partial charge on any atom is -0.424 e. The molecule has 0 aliphatic carbocycles. The topological polar surface area (TPSA) is 52.1 Å². The molecule has 3 rings (SSSR count). The van der Waals surface area contributed by atoms with Crippen LogP contribution in [0.25, 0.3) is 22.5 Å². The number of esters is 1. The van der Waals surface area contributed by atoms with Crippen molar-refractivity contribution in [3.8, 4) is 28.3 Å². The summed E-state index contributed by atoms with van der Waals surface area (Å²) in [6, 6.07) is 15.6. The summed E-state index contributed by atoms with van der Waals surface area (Å²) in [4.78, 5) is 21.6. The van der Waals surface area contributed by atoms with Gasteiger partial charge >= 0.3 is 5.97 Å². The predicted octanol–water partition coefficient (Wildman–Crippen LogP) is 10.5. The van der Waals surface area contributed by atoms with Crippen LogP contribution in [-0.2, 0) is 11.2 Å². The number of nitrogens with zero attached hydrogens (tertiary/aromatic N) is 2. The van der Waals surface area contributed by atoms with E-state index in [1.54, 1.807) is 24.5 Å². The maximum absolute atomic E-state index is 14.9. The molecule has 0 spiro atoms. The highest BCUT2D eigenvalue weighted by Crippen LogP contribution is 2.26. The lowest BCUT2D eigenvalue weighted by Crippen LogP contribution is -2.34. The Morgan fingerprint density at radius 3 is 1.78 bits per heavy atom. The standard InChI is InChI=1S/C36H49FN2O2/c1-4-6-8-10-11-12-13-15-17-29-18-20-31(21-19-29)34-38-27-32(28-39-34)30-22-24-33(25-23-30)41-35(40)36(3,37)26-16-14-9-7-5-2/h18-25,27-28H,4-17,26H2,1-3H3. The second-order valence-electron chi connectivity index (χ2n) is 11.5. The third-order valence-corrected chi connectivity index (χ3v) is 7.76. The van der Waals surface area contributed by atoms with E-state index in [0.717, 1.165) is 48.8 Å². The third kappa shape index (κ3) is 11.4. The summed E-state index contributed by atoms with van der Waals surface area (Å²) in [5.74, 6) is 0.185. The van der Waals surface area contributed by atoms with Gasteiger partial charge in [0, 0.05) is 23.5 Å². The summed E-state index contributed by atoms with van der Waals surface area (Å²) >= 11 is 0. The van der Waals surface area contributed by atoms with Crippen molar-refractivity contribution < 1.29 is 13.9 Å². The fourth-order valence-electron chi connectivity index (χ4n) is 5.00. The number of hydrogen-bond donors (Lipinski definition) is 0. The number of benzene rings is 2. The van der Waals surface area contributed by atoms with E-state index < -0.39 is 11.6 Å². The van der Waals surface area contributed by atoms with Crippen molar-refractivity contribution >= 4 is 5.97 Å². The van der Waals surface area contributed by atoms with Gasteiger partial charge in [0.2, 0.25) is 5.67 Å². The molecule has 0 bridgehead atoms. The molecular formula is C36H49FN2O2. The van der Waals surface area contributed by atoms with Crippen molar-refractivity contribution in [2.45, 2.75) is 123 Å². The quantitative estimate of drug-likeness (QED) is 0.0831. The van der Waals surface area contributed by atoms with Crippen LogP contribution in [0, 0.1) is 0 Å². The Morgan fingerprint density at radius 1 is 0.683 bits per heavy atom. The summed E-state index contributed by atoms with van der Waals surface area (Å²) in [6.07, 6.45) is 20.5. The summed E-state index contributed by atoms with van der Waals surface area (Å²) in [6.45, 7) is 5.71. The van der Waals surface area contributed by atoms with Gasteiger partial charge in [0.25, 0.3) is 0 Å². The van der Waals surface area contributed by atoms with Crippen LogP contribution in [0.3, 0.4) is 0 Å². The first-order valence-electron chi connectivity index (χ1n) is 15.9. The van der Waals surface area contributed by atoms with Crippen LogP contribution in [0.4, 0.5) is 4.39 Å². The molecule has 4 nitrogen and oxygen atoms in total. The minimum absolute atomic E-state index is 0.180. The predicted molar refractivity (Wildman–Crippen MR) is 168 cm³/mol. The van der Waals surface area contributed by atoms with Gasteiger partial charge in [-0.2, -0.15) is 0 Å². The Balaban J connectivity index is 1.46. The SMILES string of the molecule is CCCCCCCCCCc1ccc(-c2ncc(-c3ccc(OC(=O)C(C)(F)CCCCCCC)cc3)cn2)cc1. The number of rotatable bonds is 19. The number of aromatic nitrogens is 2. The molecule has 0 saturated heterocycles. The summed E-state index contributed by atoms with van der Waals surface area (Å²) in [5, 5.41) is 0. The van der Waals surface area contributed by atoms with Gasteiger partial charge in [-0.3, -0.25) is 0 Å². The Morgan fingerprint density at radius 2 is 1.20 bits per heavy atom. The Labute approximate surface area is 247 Å². The van der Waals surface area contributed by atoms with E-state index in [2.05, 4.69) is 48.1 Å². The van der Waals surface area contributed by atoms with Crippen LogP contribution in [0.2, 0.25) is 0 Å². The van der Waals surface area contributed by atoms with E-state index in [9.17, 15) is 9.18 Å². The molecule has 1 unspecified atom stereocenters. The van der Waals surface area contributed by atoms with Gasteiger partial charge in [-0.05, 0) is 55.9 Å². The molecule has 1 heterocycles. The number of carbonyl (C=O) groups is 1. The molecule has 222 valence electrons. The fourth-order valence-corrected chi connectivity index (χ4v) is 5.00. The minimum atomic E-state index is -1.99. The van der Waals surface area contributed by atoms with Gasteiger partial charge in [-0.25, -0.2) is 19.2 Å². The van der Waals surface area contributed by atoms with Crippen molar-refractivity contribution in [1.82, 2.24) is 9.97 Å². The van der Waals surface area contributed by atoms with Gasteiger partial charge in [-0.15, -0.1) is 0 Å². The van der Waals surface area contributed by atoms with Crippen molar-refractivity contribution in [2.24, 2.45) is 0 Å². The highest BCUT2D eigenvalue weighted by Gasteiger charge is 2.34. The van der Waals surface area contributed by atoms with Crippen LogP contribution in [0.5, 0.6) is 5.75 Å². The molecule has 2 aromatic carbocycles. The Kier molecular flexibility index (Phi) is 14.0. The summed E-state index contributed by atoms with van der Waals surface area (Å²) in [7, 11) is 0. The van der Waals surface area contributed by atoms with E-state index in [0.29, 0.717) is 18.0 Å². The lowest BCUT2D eigenvalue weighted by Gasteiger charge is -2.18. The van der Waals surface area contributed by atoms with Crippen LogP contribution in [0.1, 0.15) is 116 Å². The number of hydrogen-bond acceptors (Lipinski definition) is 4. The number of ether oxygens (including phenoxy) is 1. The molecule has 0 fully saturated rings. The van der Waals surface area contributed by atoms with E-state index in [4.69, 9.17) is 4.74 Å². The molecule has 1 atom stereocenters. The van der Waals surface area contributed by atoms with Crippen LogP contribution >= 0.6 is 0 Å². The van der Waals surface area contributed by atoms with Gasteiger partial charge in [0.15, 0.2) is 5.82 Å². The highest BCUT2D eigenvalue weighted by molar-refractivity contribution is 5.81. The molecule has 0 aliphatic heterocycles. The largest absolute Gasteiger partial charge is 0.424 e. The number of aryl methyl sites for hydroxylation is 1. The average Bonchev–Trinajstić information content (AvgIpc) is 2.99. The molecule has 41 heavy (non-hydrogen) atoms. The van der Waals surface area contributed by atoms with Crippen molar-refractivity contribution in [1.29, 1.82) is 0 Å². The Bertz CT molecular complexity index is 1140. The van der Waals surface area contributed by atoms with Crippen molar-refractivity contribution in [2.75, 3.05) is 0 Å². The molecule has 3 aromatic rings. The zero-order valence-electron chi connectivity index (χ0n) is 25.5. The maximum atomic E-state index is 14.9. The summed E-state index contributed by atoms with van der Waals surface area (Å²) < 4.78 is 20.2. The zero-order chi connectivity index (χ0) is 29.3. The van der Waals surface area contributed by atoms with Crippen LogP contribution < -0.4 is 4.74 Å². The first kappa shape index (κ1) is 32.4.